The second-order valence-corrected chi connectivity index (χ2v) is 9.20. The summed E-state index contributed by atoms with van der Waals surface area (Å²) in [4.78, 5) is 4.21. The number of aromatic nitrogens is 5. The van der Waals surface area contributed by atoms with Crippen molar-refractivity contribution < 1.29 is 17.9 Å². The number of para-hydroxylation sites is 1. The summed E-state index contributed by atoms with van der Waals surface area (Å²) in [6.45, 7) is 2.61. The molecule has 0 atom stereocenters. The lowest BCUT2D eigenvalue weighted by molar-refractivity contribution is 0.327. The first-order chi connectivity index (χ1) is 16.5. The number of methoxy groups -OCH3 is 1. The third-order valence-electron chi connectivity index (χ3n) is 5.09. The topological polar surface area (TPSA) is 112 Å². The molecule has 0 unspecified atom stereocenters. The maximum absolute atomic E-state index is 13.8. The van der Waals surface area contributed by atoms with Gasteiger partial charge in [0.1, 0.15) is 23.5 Å². The van der Waals surface area contributed by atoms with Gasteiger partial charge in [-0.25, -0.2) is 8.42 Å². The van der Waals surface area contributed by atoms with E-state index in [9.17, 15) is 8.42 Å². The van der Waals surface area contributed by atoms with Gasteiger partial charge in [-0.3, -0.25) is 4.98 Å². The Kier molecular flexibility index (Phi) is 7.14. The molecular weight excluding hydrogens is 456 g/mol. The maximum Gasteiger partial charge on any atom is 0.243 e. The molecule has 0 fully saturated rings. The zero-order valence-electron chi connectivity index (χ0n) is 18.8. The Morgan fingerprint density at radius 2 is 1.88 bits per heavy atom. The van der Waals surface area contributed by atoms with E-state index >= 15 is 0 Å². The molecular formula is C23H24N6O4S. The van der Waals surface area contributed by atoms with Crippen molar-refractivity contribution in [2.45, 2.75) is 24.9 Å². The van der Waals surface area contributed by atoms with Crippen LogP contribution in [0.25, 0.3) is 5.69 Å². The number of rotatable bonds is 10. The van der Waals surface area contributed by atoms with Crippen molar-refractivity contribution >= 4 is 10.0 Å². The fourth-order valence-electron chi connectivity index (χ4n) is 3.47. The number of ether oxygens (including phenoxy) is 2. The summed E-state index contributed by atoms with van der Waals surface area (Å²) in [7, 11) is -2.47. The van der Waals surface area contributed by atoms with E-state index in [-0.39, 0.29) is 18.0 Å². The number of hydrogen-bond acceptors (Lipinski definition) is 8. The highest BCUT2D eigenvalue weighted by Crippen LogP contribution is 2.30. The van der Waals surface area contributed by atoms with Crippen LogP contribution in [0.4, 0.5) is 0 Å². The quantitative estimate of drug-likeness (QED) is 0.341. The van der Waals surface area contributed by atoms with E-state index in [0.29, 0.717) is 23.8 Å². The molecule has 0 aliphatic heterocycles. The van der Waals surface area contributed by atoms with Gasteiger partial charge in [-0.1, -0.05) is 24.3 Å². The van der Waals surface area contributed by atoms with Crippen LogP contribution in [-0.4, -0.2) is 51.6 Å². The lowest BCUT2D eigenvalue weighted by Gasteiger charge is -2.24. The van der Waals surface area contributed by atoms with Crippen molar-refractivity contribution in [1.82, 2.24) is 29.5 Å². The van der Waals surface area contributed by atoms with Crippen LogP contribution in [0.15, 0.2) is 78.2 Å². The van der Waals surface area contributed by atoms with E-state index in [1.165, 1.54) is 34.6 Å². The number of hydrogen-bond donors (Lipinski definition) is 0. The monoisotopic (exact) mass is 480 g/mol. The standard InChI is InChI=1S/C23H24N6O4S/c1-3-33-22-9-5-4-8-19(22)16-28(15-18-7-6-12-24-14-18)34(30,31)20-10-11-21(23(13-20)32-2)29-17-25-26-27-29/h4-14,17H,3,15-16H2,1-2H3. The second kappa shape index (κ2) is 10.4. The lowest BCUT2D eigenvalue weighted by Crippen LogP contribution is -2.30. The predicted octanol–water partition coefficient (Wildman–Crippen LogP) is 2.86. The SMILES string of the molecule is CCOc1ccccc1CN(Cc1cccnc1)S(=O)(=O)c1ccc(-n2cnnn2)c(OC)c1. The molecule has 11 heteroatoms. The van der Waals surface area contributed by atoms with Gasteiger partial charge in [0, 0.05) is 37.1 Å². The average molecular weight is 481 g/mol. The molecule has 0 aliphatic carbocycles. The van der Waals surface area contributed by atoms with Crippen molar-refractivity contribution in [2.24, 2.45) is 0 Å². The van der Waals surface area contributed by atoms with E-state index in [4.69, 9.17) is 9.47 Å². The smallest absolute Gasteiger partial charge is 0.243 e. The van der Waals surface area contributed by atoms with Crippen LogP contribution in [0.1, 0.15) is 18.1 Å². The Hall–Kier alpha value is -3.83. The Bertz CT molecular complexity index is 1330. The minimum atomic E-state index is -3.94. The van der Waals surface area contributed by atoms with E-state index in [2.05, 4.69) is 20.5 Å². The van der Waals surface area contributed by atoms with Crippen molar-refractivity contribution in [3.8, 4) is 17.2 Å². The number of nitrogens with zero attached hydrogens (tertiary/aromatic N) is 6. The summed E-state index contributed by atoms with van der Waals surface area (Å²) in [6, 6.07) is 15.6. The van der Waals surface area contributed by atoms with Gasteiger partial charge >= 0.3 is 0 Å². The van der Waals surface area contributed by atoms with E-state index in [1.807, 2.05) is 37.3 Å². The summed E-state index contributed by atoms with van der Waals surface area (Å²) < 4.78 is 41.6. The number of benzene rings is 2. The van der Waals surface area contributed by atoms with Crippen LogP contribution in [0.5, 0.6) is 11.5 Å². The van der Waals surface area contributed by atoms with Crippen molar-refractivity contribution in [1.29, 1.82) is 0 Å². The maximum atomic E-state index is 13.8. The average Bonchev–Trinajstić information content (AvgIpc) is 3.40. The van der Waals surface area contributed by atoms with Crippen molar-refractivity contribution in [3.05, 3.63) is 84.4 Å². The van der Waals surface area contributed by atoms with Crippen LogP contribution in [0.3, 0.4) is 0 Å². The van der Waals surface area contributed by atoms with Gasteiger partial charge in [0.25, 0.3) is 0 Å². The van der Waals surface area contributed by atoms with Gasteiger partial charge in [0.2, 0.25) is 10.0 Å². The highest BCUT2D eigenvalue weighted by Gasteiger charge is 2.27. The van der Waals surface area contributed by atoms with Gasteiger partial charge in [0.15, 0.2) is 0 Å². The van der Waals surface area contributed by atoms with Crippen LogP contribution >= 0.6 is 0 Å². The molecule has 0 amide bonds. The van der Waals surface area contributed by atoms with E-state index < -0.39 is 10.0 Å². The molecule has 0 saturated heterocycles. The molecule has 2 heterocycles. The van der Waals surface area contributed by atoms with Gasteiger partial charge in [-0.2, -0.15) is 8.99 Å². The zero-order chi connectivity index (χ0) is 24.0. The number of pyridine rings is 1. The Morgan fingerprint density at radius 1 is 1.03 bits per heavy atom. The first-order valence-corrected chi connectivity index (χ1v) is 12.0. The number of sulfonamides is 1. The third kappa shape index (κ3) is 5.05. The van der Waals surface area contributed by atoms with Gasteiger partial charge in [0.05, 0.1) is 18.6 Å². The predicted molar refractivity (Wildman–Crippen MR) is 124 cm³/mol. The Balaban J connectivity index is 1.74. The molecule has 34 heavy (non-hydrogen) atoms. The number of tetrazole rings is 1. The minimum Gasteiger partial charge on any atom is -0.494 e. The molecule has 0 saturated carbocycles. The van der Waals surface area contributed by atoms with Gasteiger partial charge < -0.3 is 9.47 Å². The molecule has 0 aliphatic rings. The van der Waals surface area contributed by atoms with E-state index in [1.54, 1.807) is 24.5 Å². The van der Waals surface area contributed by atoms with Crippen LogP contribution in [-0.2, 0) is 23.1 Å². The highest BCUT2D eigenvalue weighted by molar-refractivity contribution is 7.89. The molecule has 0 spiro atoms. The van der Waals surface area contributed by atoms with Gasteiger partial charge in [-0.05, 0) is 47.2 Å². The van der Waals surface area contributed by atoms with Crippen LogP contribution < -0.4 is 9.47 Å². The summed E-state index contributed by atoms with van der Waals surface area (Å²) >= 11 is 0. The Morgan fingerprint density at radius 3 is 2.59 bits per heavy atom. The molecule has 176 valence electrons. The second-order valence-electron chi connectivity index (χ2n) is 7.26. The molecule has 10 nitrogen and oxygen atoms in total. The van der Waals surface area contributed by atoms with Crippen LogP contribution in [0, 0.1) is 0 Å². The normalized spacial score (nSPS) is 11.5. The Labute approximate surface area is 197 Å². The van der Waals surface area contributed by atoms with Crippen molar-refractivity contribution in [3.63, 3.8) is 0 Å². The molecule has 0 radical (unpaired) electrons. The minimum absolute atomic E-state index is 0.0824. The third-order valence-corrected chi connectivity index (χ3v) is 6.87. The van der Waals surface area contributed by atoms with E-state index in [0.717, 1.165) is 11.1 Å². The highest BCUT2D eigenvalue weighted by atomic mass is 32.2. The molecule has 4 aromatic rings. The first-order valence-electron chi connectivity index (χ1n) is 10.5. The largest absolute Gasteiger partial charge is 0.494 e. The fourth-order valence-corrected chi connectivity index (χ4v) is 4.89. The molecule has 2 aromatic heterocycles. The summed E-state index contributed by atoms with van der Waals surface area (Å²) in [5, 5.41) is 11.1. The van der Waals surface area contributed by atoms with Crippen LogP contribution in [0.2, 0.25) is 0 Å². The fraction of sp³-hybridized carbons (Fsp3) is 0.217. The first kappa shape index (κ1) is 23.3. The molecule has 0 bridgehead atoms. The summed E-state index contributed by atoms with van der Waals surface area (Å²) in [5.41, 5.74) is 2.04. The summed E-state index contributed by atoms with van der Waals surface area (Å²) in [6.07, 6.45) is 4.71. The molecule has 2 aromatic carbocycles. The lowest BCUT2D eigenvalue weighted by atomic mass is 10.2. The molecule has 4 rings (SSSR count). The van der Waals surface area contributed by atoms with Crippen molar-refractivity contribution in [2.75, 3.05) is 13.7 Å². The zero-order valence-corrected chi connectivity index (χ0v) is 19.6. The van der Waals surface area contributed by atoms with Gasteiger partial charge in [-0.15, -0.1) is 5.10 Å². The summed E-state index contributed by atoms with van der Waals surface area (Å²) in [5.74, 6) is 0.965. The molecule has 0 N–H and O–H groups in total.